The third kappa shape index (κ3) is 15.4. The van der Waals surface area contributed by atoms with Crippen molar-refractivity contribution in [3.05, 3.63) is 120 Å². The van der Waals surface area contributed by atoms with E-state index in [9.17, 15) is 73.8 Å². The molecule has 7 rings (SSSR count). The summed E-state index contributed by atoms with van der Waals surface area (Å²) in [6, 6.07) is 13.9. The molecule has 0 bridgehead atoms. The predicted molar refractivity (Wildman–Crippen MR) is 249 cm³/mol. The fourth-order valence-electron chi connectivity index (χ4n) is 6.41. The monoisotopic (exact) mass is 1210 g/mol. The molecule has 0 aliphatic carbocycles. The molecule has 0 radical (unpaired) electrons. The fraction of sp³-hybridized carbons (Fsp3) is 0. The van der Waals surface area contributed by atoms with Gasteiger partial charge in [0.25, 0.3) is 0 Å². The number of rotatable bonds is 16. The topological polar surface area (TPSA) is 429 Å². The number of halogens is 1. The van der Waals surface area contributed by atoms with Gasteiger partial charge in [-0.3, -0.25) is 0 Å². The first-order valence-corrected chi connectivity index (χ1v) is 28.0. The largest absolute Gasteiger partial charge is 1.00 e. The van der Waals surface area contributed by atoms with Gasteiger partial charge in [-0.2, -0.15) is 15.0 Å². The number of hydrogen-bond donors (Lipinski definition) is 3. The van der Waals surface area contributed by atoms with Crippen molar-refractivity contribution in [3.8, 4) is 5.75 Å². The molecule has 3 N–H and O–H groups in total. The van der Waals surface area contributed by atoms with Gasteiger partial charge in [-0.1, -0.05) is 19.2 Å². The smallest absolute Gasteiger partial charge is 0.744 e. The number of phenolic OH excluding ortho intramolecular Hbond substituents is 1. The Kier molecular flexibility index (Phi) is 22.5. The van der Waals surface area contributed by atoms with Gasteiger partial charge >= 0.3 is 118 Å². The van der Waals surface area contributed by atoms with Gasteiger partial charge in [0.1, 0.15) is 51.8 Å². The van der Waals surface area contributed by atoms with E-state index in [1.54, 1.807) is 0 Å². The number of anilines is 4. The summed E-state index contributed by atoms with van der Waals surface area (Å²) in [7, 11) is -29.8. The molecular weight excluding hydrogens is 1190 g/mol. The van der Waals surface area contributed by atoms with Crippen molar-refractivity contribution in [2.45, 2.75) is 29.4 Å². The fourth-order valence-corrected chi connectivity index (χ4v) is 10.4. The van der Waals surface area contributed by atoms with E-state index in [2.05, 4.69) is 59.2 Å². The summed E-state index contributed by atoms with van der Waals surface area (Å²) in [6.45, 7) is 6.38. The zero-order valence-electron chi connectivity index (χ0n) is 39.2. The molecule has 1 heterocycles. The molecule has 26 nitrogen and oxygen atoms in total. The first-order chi connectivity index (χ1) is 33.4. The number of aromatic nitrogens is 3. The normalized spacial score (nSPS) is 12.3. The molecule has 374 valence electrons. The van der Waals surface area contributed by atoms with E-state index in [-0.39, 0.29) is 157 Å². The number of azo groups is 2. The van der Waals surface area contributed by atoms with Crippen molar-refractivity contribution >= 4 is 139 Å². The summed E-state index contributed by atoms with van der Waals surface area (Å²) in [6.07, 6.45) is 0. The molecule has 0 fully saturated rings. The molecule has 0 spiro atoms. The Bertz CT molecular complexity index is 4280. The van der Waals surface area contributed by atoms with Gasteiger partial charge in [0.05, 0.1) is 46.4 Å². The maximum atomic E-state index is 12.7. The average molecular weight is 1210 g/mol. The Labute approximate surface area is 525 Å². The maximum Gasteiger partial charge on any atom is 1.00 e. The van der Waals surface area contributed by atoms with E-state index in [0.717, 1.165) is 47.9 Å². The van der Waals surface area contributed by atoms with E-state index in [1.807, 2.05) is 0 Å². The van der Waals surface area contributed by atoms with E-state index in [4.69, 9.17) is 11.6 Å². The SMILES string of the molecule is C=CS(=O)(=O)c1ccc(Nc2nc(Cl)nc(Nc3cc(S(=O)(=O)[O-])cc4cc(S(=O)(=O)[O-])c(N=Nc5ccc(N=Nc6ccc(S(=O)(=O)C=C)cc6S(=O)(=O)[O-])c6cc(S(=O)(=O)[O-])ccc56)c(O)c34)n2)cc1.[Na+].[Na+].[Na+].[Na+]. The Morgan fingerprint density at radius 3 is 1.54 bits per heavy atom. The number of sulfone groups is 2. The molecule has 0 atom stereocenters. The first-order valence-electron chi connectivity index (χ1n) is 18.9. The van der Waals surface area contributed by atoms with Crippen molar-refractivity contribution in [2.24, 2.45) is 20.5 Å². The van der Waals surface area contributed by atoms with Gasteiger partial charge < -0.3 is 34.0 Å². The van der Waals surface area contributed by atoms with Gasteiger partial charge in [0.15, 0.2) is 25.4 Å². The van der Waals surface area contributed by atoms with Crippen molar-refractivity contribution in [3.63, 3.8) is 0 Å². The molecule has 7 aromatic rings. The molecule has 76 heavy (non-hydrogen) atoms. The maximum absolute atomic E-state index is 12.7. The van der Waals surface area contributed by atoms with Crippen molar-refractivity contribution in [2.75, 3.05) is 10.6 Å². The van der Waals surface area contributed by atoms with Crippen LogP contribution in [0.25, 0.3) is 21.5 Å². The van der Waals surface area contributed by atoms with Crippen LogP contribution in [0.5, 0.6) is 5.75 Å². The average Bonchev–Trinajstić information content (AvgIpc) is 3.29. The van der Waals surface area contributed by atoms with E-state index in [0.29, 0.717) is 29.7 Å². The molecule has 0 aliphatic rings. The van der Waals surface area contributed by atoms with Gasteiger partial charge in [-0.25, -0.2) is 50.5 Å². The van der Waals surface area contributed by atoms with Crippen LogP contribution in [0.4, 0.5) is 46.0 Å². The van der Waals surface area contributed by atoms with Crippen LogP contribution >= 0.6 is 11.6 Å². The summed E-state index contributed by atoms with van der Waals surface area (Å²) >= 11 is 6.14. The van der Waals surface area contributed by atoms with Crippen LogP contribution in [0.15, 0.2) is 165 Å². The first kappa shape index (κ1) is 67.0. The Morgan fingerprint density at radius 1 is 0.500 bits per heavy atom. The van der Waals surface area contributed by atoms with Crippen LogP contribution in [0.2, 0.25) is 5.28 Å². The van der Waals surface area contributed by atoms with Crippen LogP contribution in [-0.4, -0.2) is 88.8 Å². The van der Waals surface area contributed by atoms with Gasteiger partial charge in [-0.15, -0.1) is 20.5 Å². The third-order valence-electron chi connectivity index (χ3n) is 9.70. The van der Waals surface area contributed by atoms with E-state index in [1.165, 1.54) is 24.3 Å². The molecule has 1 aromatic heterocycles. The van der Waals surface area contributed by atoms with Gasteiger partial charge in [-0.05, 0) is 102 Å². The predicted octanol–water partition coefficient (Wildman–Crippen LogP) is -5.68. The summed E-state index contributed by atoms with van der Waals surface area (Å²) in [5.74, 6) is -2.01. The molecule has 0 amide bonds. The minimum absolute atomic E-state index is 0. The second-order valence-corrected chi connectivity index (χ2v) is 23.8. The summed E-state index contributed by atoms with van der Waals surface area (Å²) in [4.78, 5) is 6.84. The number of fused-ring (bicyclic) bond motifs is 2. The number of hydrogen-bond acceptors (Lipinski definition) is 26. The van der Waals surface area contributed by atoms with Gasteiger partial charge in [0, 0.05) is 32.7 Å². The standard InChI is InChI=1S/C39H28ClN9O17S6.4Na/c1-3-67(51,52)22-7-5-21(6-8-22)41-38-43-37(40)44-39(45-38)42-31-18-25(70(58,59)60)15-20-16-33(72(64,65)66)35(36(50)34(20)31)49-47-28-13-14-29(27-17-24(69(55,56)57)9-11-26(27)28)46-48-30-12-10-23(68(53,54)4-2)19-32(30)71(61,62)63;;;;/h3-19,50H,1-2H2,(H,55,56,57)(H,58,59,60)(H,61,62,63)(H,64,65,66)(H2,41,42,43,44,45);;;;/q;4*+1/p-4. The van der Waals surface area contributed by atoms with Crippen LogP contribution in [-0.2, 0) is 60.1 Å². The second kappa shape index (κ2) is 25.5. The van der Waals surface area contributed by atoms with E-state index < -0.39 is 129 Å². The molecule has 6 aromatic carbocycles. The quantitative estimate of drug-likeness (QED) is 0.0461. The number of benzene rings is 6. The van der Waals surface area contributed by atoms with Crippen molar-refractivity contribution < 1.29 is 192 Å². The van der Waals surface area contributed by atoms with E-state index >= 15 is 0 Å². The third-order valence-corrected chi connectivity index (χ3v) is 15.9. The minimum Gasteiger partial charge on any atom is -0.744 e. The summed E-state index contributed by atoms with van der Waals surface area (Å²) < 4.78 is 197. The van der Waals surface area contributed by atoms with Crippen LogP contribution in [0.3, 0.4) is 0 Å². The summed E-state index contributed by atoms with van der Waals surface area (Å²) in [5.41, 5.74) is -2.80. The van der Waals surface area contributed by atoms with Crippen LogP contribution < -0.4 is 129 Å². The number of nitrogens with one attached hydrogen (secondary N) is 2. The summed E-state index contributed by atoms with van der Waals surface area (Å²) in [5, 5.41) is 31.6. The molecule has 0 unspecified atom stereocenters. The molecule has 0 aliphatic heterocycles. The Hall–Kier alpha value is -3.24. The Balaban J connectivity index is 0.00000380. The minimum atomic E-state index is -5.70. The number of phenols is 1. The van der Waals surface area contributed by atoms with Crippen LogP contribution in [0.1, 0.15) is 0 Å². The van der Waals surface area contributed by atoms with Crippen molar-refractivity contribution in [1.82, 2.24) is 15.0 Å². The molecule has 0 saturated carbocycles. The van der Waals surface area contributed by atoms with Gasteiger partial charge in [0.2, 0.25) is 17.2 Å². The van der Waals surface area contributed by atoms with Crippen molar-refractivity contribution in [1.29, 1.82) is 0 Å². The zero-order chi connectivity index (χ0) is 52.9. The number of nitrogens with zero attached hydrogens (tertiary/aromatic N) is 7. The second-order valence-electron chi connectivity index (χ2n) is 14.2. The zero-order valence-corrected chi connectivity index (χ0v) is 52.8. The van der Waals surface area contributed by atoms with Crippen LogP contribution in [0, 0.1) is 0 Å². The Morgan fingerprint density at radius 2 is 0.987 bits per heavy atom. The molecular formula is C39H24ClN9Na4O17S6. The molecule has 0 saturated heterocycles. The number of aromatic hydroxyl groups is 1. The molecule has 37 heteroatoms.